The maximum atomic E-state index is 12.7. The van der Waals surface area contributed by atoms with Crippen LogP contribution in [-0.2, 0) is 6.42 Å². The standard InChI is InChI=1S/C11H12F2N2S/c1-6(2)3-7-4-8(10(12)13)9(5-14)11(16)15-7/h4,6,10H,3H2,1-2H3,(H,15,16). The number of hydrogen-bond donors (Lipinski definition) is 1. The lowest BCUT2D eigenvalue weighted by Crippen LogP contribution is -2.02. The Labute approximate surface area is 97.9 Å². The lowest BCUT2D eigenvalue weighted by molar-refractivity contribution is 0.150. The third-order valence-corrected chi connectivity index (χ3v) is 2.40. The molecule has 2 nitrogen and oxygen atoms in total. The van der Waals surface area contributed by atoms with Gasteiger partial charge in [-0.25, -0.2) is 8.78 Å². The van der Waals surface area contributed by atoms with Gasteiger partial charge in [0, 0.05) is 11.3 Å². The maximum Gasteiger partial charge on any atom is 0.265 e. The average Bonchev–Trinajstić information content (AvgIpc) is 2.15. The first-order valence-corrected chi connectivity index (χ1v) is 5.30. The maximum absolute atomic E-state index is 12.7. The largest absolute Gasteiger partial charge is 0.349 e. The molecule has 0 aliphatic rings. The van der Waals surface area contributed by atoms with Crippen molar-refractivity contribution in [3.8, 4) is 6.07 Å². The Balaban J connectivity index is 3.30. The fourth-order valence-electron chi connectivity index (χ4n) is 1.47. The van der Waals surface area contributed by atoms with E-state index in [4.69, 9.17) is 17.5 Å². The van der Waals surface area contributed by atoms with E-state index in [1.165, 1.54) is 6.07 Å². The minimum atomic E-state index is -2.67. The van der Waals surface area contributed by atoms with Gasteiger partial charge in [-0.15, -0.1) is 0 Å². The van der Waals surface area contributed by atoms with Gasteiger partial charge in [0.25, 0.3) is 6.43 Å². The summed E-state index contributed by atoms with van der Waals surface area (Å²) in [6, 6.07) is 3.04. The number of pyridine rings is 1. The zero-order valence-corrected chi connectivity index (χ0v) is 9.87. The third kappa shape index (κ3) is 2.86. The lowest BCUT2D eigenvalue weighted by atomic mass is 10.0. The van der Waals surface area contributed by atoms with Crippen molar-refractivity contribution in [2.24, 2.45) is 5.92 Å². The molecule has 0 amide bonds. The summed E-state index contributed by atoms with van der Waals surface area (Å²) in [7, 11) is 0. The number of halogens is 2. The molecule has 0 fully saturated rings. The van der Waals surface area contributed by atoms with E-state index in [-0.39, 0.29) is 15.8 Å². The second-order valence-electron chi connectivity index (χ2n) is 3.96. The van der Waals surface area contributed by atoms with Gasteiger partial charge in [-0.1, -0.05) is 26.1 Å². The SMILES string of the molecule is CC(C)Cc1cc(C(F)F)c(C#N)c(=S)[nH]1. The van der Waals surface area contributed by atoms with Gasteiger partial charge in [0.05, 0.1) is 5.56 Å². The number of hydrogen-bond acceptors (Lipinski definition) is 2. The molecule has 0 bridgehead atoms. The molecular weight excluding hydrogens is 230 g/mol. The van der Waals surface area contributed by atoms with Crippen LogP contribution in [0.3, 0.4) is 0 Å². The molecule has 1 rings (SSSR count). The molecule has 0 atom stereocenters. The first kappa shape index (κ1) is 12.8. The molecule has 0 aliphatic heterocycles. The van der Waals surface area contributed by atoms with E-state index in [0.717, 1.165) is 0 Å². The van der Waals surface area contributed by atoms with Crippen LogP contribution in [0.1, 0.15) is 37.1 Å². The highest BCUT2D eigenvalue weighted by Gasteiger charge is 2.16. The summed E-state index contributed by atoms with van der Waals surface area (Å²) in [5.41, 5.74) is 0.244. The molecule has 1 heterocycles. The fraction of sp³-hybridized carbons (Fsp3) is 0.455. The molecule has 0 spiro atoms. The van der Waals surface area contributed by atoms with Crippen molar-refractivity contribution in [2.75, 3.05) is 0 Å². The molecule has 0 saturated heterocycles. The summed E-state index contributed by atoms with van der Waals surface area (Å²) in [6.07, 6.45) is -2.04. The van der Waals surface area contributed by atoms with E-state index in [9.17, 15) is 8.78 Å². The van der Waals surface area contributed by atoms with Crippen LogP contribution in [0.5, 0.6) is 0 Å². The molecular formula is C11H12F2N2S. The number of alkyl halides is 2. The van der Waals surface area contributed by atoms with Crippen molar-refractivity contribution < 1.29 is 8.78 Å². The summed E-state index contributed by atoms with van der Waals surface area (Å²) in [6.45, 7) is 3.97. The molecule has 0 aromatic carbocycles. The van der Waals surface area contributed by atoms with Crippen molar-refractivity contribution in [3.05, 3.63) is 27.5 Å². The Morgan fingerprint density at radius 3 is 2.56 bits per heavy atom. The first-order valence-electron chi connectivity index (χ1n) is 4.90. The second-order valence-corrected chi connectivity index (χ2v) is 4.37. The summed E-state index contributed by atoms with van der Waals surface area (Å²) in [5, 5.41) is 8.75. The molecule has 86 valence electrons. The number of aromatic nitrogens is 1. The van der Waals surface area contributed by atoms with Crippen LogP contribution < -0.4 is 0 Å². The molecule has 0 radical (unpaired) electrons. The van der Waals surface area contributed by atoms with Crippen LogP contribution in [0.2, 0.25) is 0 Å². The van der Waals surface area contributed by atoms with Crippen molar-refractivity contribution >= 4 is 12.2 Å². The predicted octanol–water partition coefficient (Wildman–Crippen LogP) is 3.75. The normalized spacial score (nSPS) is 10.8. The number of nitrogens with one attached hydrogen (secondary N) is 1. The van der Waals surface area contributed by atoms with Crippen molar-refractivity contribution in [1.29, 1.82) is 5.26 Å². The summed E-state index contributed by atoms with van der Waals surface area (Å²) < 4.78 is 25.5. The molecule has 16 heavy (non-hydrogen) atoms. The molecule has 0 saturated carbocycles. The van der Waals surface area contributed by atoms with Gasteiger partial charge in [-0.05, 0) is 18.4 Å². The summed E-state index contributed by atoms with van der Waals surface area (Å²) in [5.74, 6) is 0.337. The predicted molar refractivity (Wildman–Crippen MR) is 59.8 cm³/mol. The smallest absolute Gasteiger partial charge is 0.265 e. The van der Waals surface area contributed by atoms with Gasteiger partial charge < -0.3 is 4.98 Å². The summed E-state index contributed by atoms with van der Waals surface area (Å²) >= 11 is 4.89. The molecule has 1 aromatic rings. The molecule has 0 unspecified atom stereocenters. The number of aromatic amines is 1. The van der Waals surface area contributed by atoms with Crippen LogP contribution in [0.25, 0.3) is 0 Å². The minimum Gasteiger partial charge on any atom is -0.349 e. The lowest BCUT2D eigenvalue weighted by Gasteiger charge is -2.09. The molecule has 0 aliphatic carbocycles. The van der Waals surface area contributed by atoms with Gasteiger partial charge in [0.15, 0.2) is 0 Å². The third-order valence-electron chi connectivity index (χ3n) is 2.09. The van der Waals surface area contributed by atoms with E-state index in [1.807, 2.05) is 13.8 Å². The van der Waals surface area contributed by atoms with Crippen LogP contribution in [-0.4, -0.2) is 4.98 Å². The van der Waals surface area contributed by atoms with Crippen LogP contribution in [0, 0.1) is 21.9 Å². The van der Waals surface area contributed by atoms with Crippen LogP contribution in [0.4, 0.5) is 8.78 Å². The van der Waals surface area contributed by atoms with E-state index in [2.05, 4.69) is 4.98 Å². The van der Waals surface area contributed by atoms with Crippen LogP contribution >= 0.6 is 12.2 Å². The quantitative estimate of drug-likeness (QED) is 0.820. The first-order chi connectivity index (χ1) is 7.45. The zero-order chi connectivity index (χ0) is 12.3. The van der Waals surface area contributed by atoms with E-state index in [0.29, 0.717) is 18.0 Å². The fourth-order valence-corrected chi connectivity index (χ4v) is 1.77. The van der Waals surface area contributed by atoms with Gasteiger partial charge >= 0.3 is 0 Å². The topological polar surface area (TPSA) is 39.6 Å². The number of nitrogens with zero attached hydrogens (tertiary/aromatic N) is 1. The average molecular weight is 242 g/mol. The van der Waals surface area contributed by atoms with E-state index in [1.54, 1.807) is 6.07 Å². The Bertz CT molecular complexity index is 472. The van der Waals surface area contributed by atoms with Crippen LogP contribution in [0.15, 0.2) is 6.07 Å². The van der Waals surface area contributed by atoms with E-state index < -0.39 is 6.43 Å². The minimum absolute atomic E-state index is 0.0935. The van der Waals surface area contributed by atoms with Crippen molar-refractivity contribution in [2.45, 2.75) is 26.7 Å². The number of H-pyrrole nitrogens is 1. The highest BCUT2D eigenvalue weighted by Crippen LogP contribution is 2.24. The van der Waals surface area contributed by atoms with Crippen molar-refractivity contribution in [3.63, 3.8) is 0 Å². The Kier molecular flexibility index (Phi) is 4.13. The Morgan fingerprint density at radius 2 is 2.12 bits per heavy atom. The molecule has 1 aromatic heterocycles. The molecule has 5 heteroatoms. The monoisotopic (exact) mass is 242 g/mol. The van der Waals surface area contributed by atoms with E-state index >= 15 is 0 Å². The highest BCUT2D eigenvalue weighted by atomic mass is 32.1. The van der Waals surface area contributed by atoms with Crippen molar-refractivity contribution in [1.82, 2.24) is 4.98 Å². The Hall–Kier alpha value is -1.28. The summed E-state index contributed by atoms with van der Waals surface area (Å²) in [4.78, 5) is 2.81. The van der Waals surface area contributed by atoms with Gasteiger partial charge in [-0.2, -0.15) is 5.26 Å². The van der Waals surface area contributed by atoms with Gasteiger partial charge in [0.2, 0.25) is 0 Å². The van der Waals surface area contributed by atoms with Gasteiger partial charge in [-0.3, -0.25) is 0 Å². The number of rotatable bonds is 3. The second kappa shape index (κ2) is 5.17. The number of nitriles is 1. The molecule has 1 N–H and O–H groups in total. The van der Waals surface area contributed by atoms with Gasteiger partial charge in [0.1, 0.15) is 10.7 Å². The Morgan fingerprint density at radius 1 is 1.50 bits per heavy atom. The zero-order valence-electron chi connectivity index (χ0n) is 9.05. The highest BCUT2D eigenvalue weighted by molar-refractivity contribution is 7.71.